The van der Waals surface area contributed by atoms with Crippen LogP contribution in [-0.4, -0.2) is 27.9 Å². The van der Waals surface area contributed by atoms with Crippen LogP contribution in [0, 0.1) is 23.2 Å². The van der Waals surface area contributed by atoms with Crippen LogP contribution in [0.5, 0.6) is 0 Å². The van der Waals surface area contributed by atoms with Crippen molar-refractivity contribution in [1.82, 2.24) is 9.97 Å². The van der Waals surface area contributed by atoms with Gasteiger partial charge in [0, 0.05) is 28.8 Å². The largest absolute Gasteiger partial charge is 0.461 e. The van der Waals surface area contributed by atoms with Crippen LogP contribution in [0.4, 0.5) is 5.13 Å². The minimum atomic E-state index is -0.244. The summed E-state index contributed by atoms with van der Waals surface area (Å²) in [6, 6.07) is 5.27. The molecule has 1 saturated heterocycles. The Kier molecular flexibility index (Phi) is 4.28. The van der Waals surface area contributed by atoms with Crippen LogP contribution in [0.25, 0.3) is 0 Å². The number of esters is 1. The van der Waals surface area contributed by atoms with E-state index in [1.54, 1.807) is 35.7 Å². The first kappa shape index (κ1) is 18.7. The molecular weight excluding hydrogens is 386 g/mol. The molecule has 3 aliphatic rings. The van der Waals surface area contributed by atoms with Crippen molar-refractivity contribution in [3.8, 4) is 0 Å². The molecule has 2 aromatic heterocycles. The number of nitrogens with zero attached hydrogens (tertiary/aromatic N) is 2. The number of aromatic nitrogens is 2. The smallest absolute Gasteiger partial charge is 0.309 e. The zero-order valence-electron chi connectivity index (χ0n) is 16.8. The lowest BCUT2D eigenvalue weighted by Crippen LogP contribution is -2.50. The van der Waals surface area contributed by atoms with Gasteiger partial charge in [-0.15, -0.1) is 11.3 Å². The fourth-order valence-electron chi connectivity index (χ4n) is 5.79. The minimum Gasteiger partial charge on any atom is -0.461 e. The first-order valence-corrected chi connectivity index (χ1v) is 11.1. The molecule has 29 heavy (non-hydrogen) atoms. The van der Waals surface area contributed by atoms with Crippen LogP contribution in [0.15, 0.2) is 24.4 Å². The standard InChI is InChI=1S/C22H25N3O3S/c1-11-13-7-8-22(3)10-15-17(12(2)16(22)18(13)28-20(11)27)24-21(29-15)25-19(26)14-6-4-5-9-23-14/h4-6,9,11-13,16,18H,7-8,10H2,1-3H3,(H,24,25,26)/t11-,12+,13-,16+,18+,22+/m0/s1. The molecule has 0 unspecified atom stereocenters. The van der Waals surface area contributed by atoms with Crippen LogP contribution in [-0.2, 0) is 16.0 Å². The van der Waals surface area contributed by atoms with Crippen LogP contribution in [0.2, 0.25) is 0 Å². The maximum absolute atomic E-state index is 12.5. The molecule has 0 aromatic carbocycles. The Morgan fingerprint density at radius 2 is 2.14 bits per heavy atom. The molecule has 5 rings (SSSR count). The molecule has 152 valence electrons. The first-order valence-electron chi connectivity index (χ1n) is 10.3. The van der Waals surface area contributed by atoms with E-state index in [0.717, 1.165) is 25.0 Å². The number of ether oxygens (including phenoxy) is 1. The lowest BCUT2D eigenvalue weighted by atomic mass is 9.54. The highest BCUT2D eigenvalue weighted by Crippen LogP contribution is 2.59. The molecule has 0 radical (unpaired) electrons. The van der Waals surface area contributed by atoms with E-state index in [9.17, 15) is 9.59 Å². The van der Waals surface area contributed by atoms with Crippen molar-refractivity contribution in [2.24, 2.45) is 23.2 Å². The van der Waals surface area contributed by atoms with Gasteiger partial charge in [0.25, 0.3) is 5.91 Å². The van der Waals surface area contributed by atoms with E-state index >= 15 is 0 Å². The molecule has 0 spiro atoms. The van der Waals surface area contributed by atoms with Gasteiger partial charge in [-0.05, 0) is 36.8 Å². The summed E-state index contributed by atoms with van der Waals surface area (Å²) in [7, 11) is 0. The molecule has 0 bridgehead atoms. The van der Waals surface area contributed by atoms with Gasteiger partial charge in [-0.25, -0.2) is 4.98 Å². The summed E-state index contributed by atoms with van der Waals surface area (Å²) >= 11 is 1.56. The van der Waals surface area contributed by atoms with Crippen LogP contribution < -0.4 is 5.32 Å². The SMILES string of the molecule is C[C@@H]1C(=O)O[C@@H]2[C@H]1CC[C@]1(C)Cc3sc(NC(=O)c4ccccn4)nc3[C@H](C)[C@H]21. The average Bonchev–Trinajstić information content (AvgIpc) is 3.22. The van der Waals surface area contributed by atoms with Crippen molar-refractivity contribution in [2.45, 2.75) is 52.1 Å². The van der Waals surface area contributed by atoms with Gasteiger partial charge in [-0.2, -0.15) is 0 Å². The number of fused-ring (bicyclic) bond motifs is 4. The predicted octanol–water partition coefficient (Wildman–Crippen LogP) is 4.04. The Labute approximate surface area is 174 Å². The molecule has 6 nitrogen and oxygen atoms in total. The van der Waals surface area contributed by atoms with Crippen molar-refractivity contribution in [2.75, 3.05) is 5.32 Å². The average molecular weight is 412 g/mol. The zero-order chi connectivity index (χ0) is 20.3. The molecule has 1 amide bonds. The maximum atomic E-state index is 12.5. The van der Waals surface area contributed by atoms with E-state index in [-0.39, 0.29) is 41.1 Å². The highest BCUT2D eigenvalue weighted by molar-refractivity contribution is 7.15. The number of amides is 1. The van der Waals surface area contributed by atoms with Gasteiger partial charge in [0.1, 0.15) is 11.8 Å². The Bertz CT molecular complexity index is 975. The lowest BCUT2D eigenvalue weighted by Gasteiger charge is -2.51. The van der Waals surface area contributed by atoms with E-state index in [1.807, 2.05) is 6.92 Å². The Balaban J connectivity index is 1.44. The number of rotatable bonds is 2. The third-order valence-electron chi connectivity index (χ3n) is 7.28. The number of anilines is 1. The molecule has 2 aliphatic carbocycles. The summed E-state index contributed by atoms with van der Waals surface area (Å²) < 4.78 is 5.89. The summed E-state index contributed by atoms with van der Waals surface area (Å²) in [5.74, 6) is 0.458. The number of nitrogens with one attached hydrogen (secondary N) is 1. The number of hydrogen-bond acceptors (Lipinski definition) is 6. The van der Waals surface area contributed by atoms with Crippen molar-refractivity contribution < 1.29 is 14.3 Å². The third-order valence-corrected chi connectivity index (χ3v) is 8.26. The van der Waals surface area contributed by atoms with Gasteiger partial charge in [0.2, 0.25) is 0 Å². The summed E-state index contributed by atoms with van der Waals surface area (Å²) in [6.07, 6.45) is 4.64. The highest BCUT2D eigenvalue weighted by atomic mass is 32.1. The van der Waals surface area contributed by atoms with Gasteiger partial charge in [-0.3, -0.25) is 19.9 Å². The molecule has 1 aliphatic heterocycles. The topological polar surface area (TPSA) is 81.2 Å². The first-order chi connectivity index (χ1) is 13.9. The van der Waals surface area contributed by atoms with Gasteiger partial charge >= 0.3 is 5.97 Å². The molecule has 2 fully saturated rings. The van der Waals surface area contributed by atoms with E-state index < -0.39 is 0 Å². The highest BCUT2D eigenvalue weighted by Gasteiger charge is 2.58. The molecular formula is C22H25N3O3S. The van der Waals surface area contributed by atoms with E-state index in [0.29, 0.717) is 16.7 Å². The second-order valence-electron chi connectivity index (χ2n) is 9.03. The molecule has 1 N–H and O–H groups in total. The molecule has 3 heterocycles. The Hall–Kier alpha value is -2.28. The van der Waals surface area contributed by atoms with Gasteiger partial charge in [-0.1, -0.05) is 26.8 Å². The van der Waals surface area contributed by atoms with Gasteiger partial charge in [0.05, 0.1) is 11.6 Å². The van der Waals surface area contributed by atoms with Gasteiger partial charge < -0.3 is 4.74 Å². The number of pyridine rings is 1. The van der Waals surface area contributed by atoms with Crippen LogP contribution in [0.3, 0.4) is 0 Å². The Morgan fingerprint density at radius 3 is 2.90 bits per heavy atom. The monoisotopic (exact) mass is 411 g/mol. The van der Waals surface area contributed by atoms with E-state index in [2.05, 4.69) is 24.1 Å². The predicted molar refractivity (Wildman–Crippen MR) is 110 cm³/mol. The van der Waals surface area contributed by atoms with E-state index in [1.165, 1.54) is 4.88 Å². The number of carbonyl (C=O) groups is 2. The summed E-state index contributed by atoms with van der Waals surface area (Å²) in [6.45, 7) is 6.53. The fraction of sp³-hybridized carbons (Fsp3) is 0.545. The van der Waals surface area contributed by atoms with E-state index in [4.69, 9.17) is 9.72 Å². The van der Waals surface area contributed by atoms with Crippen molar-refractivity contribution >= 4 is 28.3 Å². The third kappa shape index (κ3) is 2.89. The van der Waals surface area contributed by atoms with Crippen LogP contribution >= 0.6 is 11.3 Å². The summed E-state index contributed by atoms with van der Waals surface area (Å²) in [5, 5.41) is 3.53. The second kappa shape index (κ2) is 6.62. The number of thiazole rings is 1. The van der Waals surface area contributed by atoms with Crippen molar-refractivity contribution in [3.63, 3.8) is 0 Å². The fourth-order valence-corrected chi connectivity index (χ4v) is 7.05. The maximum Gasteiger partial charge on any atom is 0.309 e. The quantitative estimate of drug-likeness (QED) is 0.754. The molecule has 2 aromatic rings. The summed E-state index contributed by atoms with van der Waals surface area (Å²) in [5.41, 5.74) is 1.52. The molecule has 6 atom stereocenters. The molecule has 1 saturated carbocycles. The van der Waals surface area contributed by atoms with Crippen LogP contribution in [0.1, 0.15) is 60.6 Å². The molecule has 7 heteroatoms. The summed E-state index contributed by atoms with van der Waals surface area (Å²) in [4.78, 5) is 34.9. The van der Waals surface area contributed by atoms with Crippen molar-refractivity contribution in [1.29, 1.82) is 0 Å². The zero-order valence-corrected chi connectivity index (χ0v) is 17.7. The van der Waals surface area contributed by atoms with Crippen molar-refractivity contribution in [3.05, 3.63) is 40.7 Å². The number of carbonyl (C=O) groups excluding carboxylic acids is 2. The minimum absolute atomic E-state index is 0.0122. The second-order valence-corrected chi connectivity index (χ2v) is 10.1. The normalized spacial score (nSPS) is 35.3. The number of hydrogen-bond donors (Lipinski definition) is 1. The Morgan fingerprint density at radius 1 is 1.31 bits per heavy atom. The van der Waals surface area contributed by atoms with Gasteiger partial charge in [0.15, 0.2) is 5.13 Å². The lowest BCUT2D eigenvalue weighted by molar-refractivity contribution is -0.149.